The van der Waals surface area contributed by atoms with E-state index in [1.54, 1.807) is 0 Å². The number of rotatable bonds is 5. The maximum atomic E-state index is 12.4. The van der Waals surface area contributed by atoms with Gasteiger partial charge in [0.2, 0.25) is 0 Å². The van der Waals surface area contributed by atoms with Crippen LogP contribution in [0.2, 0.25) is 0 Å². The Balaban J connectivity index is 1.70. The minimum absolute atomic E-state index is 0.0177. The second-order valence-corrected chi connectivity index (χ2v) is 6.94. The fourth-order valence-electron chi connectivity index (χ4n) is 3.19. The zero-order valence-corrected chi connectivity index (χ0v) is 14.9. The lowest BCUT2D eigenvalue weighted by molar-refractivity contribution is 0.0936. The SMILES string of the molecule is Cn1cccc1C(CNC(=O)c1ccc(Br)cc1)N1CCCC1. The third kappa shape index (κ3) is 3.85. The van der Waals surface area contributed by atoms with Crippen molar-refractivity contribution in [1.29, 1.82) is 0 Å². The van der Waals surface area contributed by atoms with Crippen LogP contribution in [0.25, 0.3) is 0 Å². The molecule has 1 unspecified atom stereocenters. The highest BCUT2D eigenvalue weighted by Crippen LogP contribution is 2.24. The normalized spacial score (nSPS) is 16.4. The standard InChI is InChI=1S/C18H22BrN3O/c1-21-10-4-5-16(21)17(22-11-2-3-12-22)13-20-18(23)14-6-8-15(19)9-7-14/h4-10,17H,2-3,11-13H2,1H3,(H,20,23). The number of carbonyl (C=O) groups excluding carboxylic acids is 1. The molecule has 0 saturated carbocycles. The predicted molar refractivity (Wildman–Crippen MR) is 95.4 cm³/mol. The molecule has 1 aliphatic rings. The fraction of sp³-hybridized carbons (Fsp3) is 0.389. The average molecular weight is 376 g/mol. The number of hydrogen-bond acceptors (Lipinski definition) is 2. The van der Waals surface area contributed by atoms with Crippen molar-refractivity contribution >= 4 is 21.8 Å². The summed E-state index contributed by atoms with van der Waals surface area (Å²) in [6.07, 6.45) is 4.54. The second kappa shape index (κ2) is 7.32. The van der Waals surface area contributed by atoms with Crippen molar-refractivity contribution in [3.8, 4) is 0 Å². The van der Waals surface area contributed by atoms with E-state index in [2.05, 4.69) is 56.1 Å². The molecule has 1 N–H and O–H groups in total. The number of amides is 1. The summed E-state index contributed by atoms with van der Waals surface area (Å²) in [6, 6.07) is 11.9. The fourth-order valence-corrected chi connectivity index (χ4v) is 3.45. The summed E-state index contributed by atoms with van der Waals surface area (Å²) in [5.41, 5.74) is 1.95. The van der Waals surface area contributed by atoms with E-state index < -0.39 is 0 Å². The van der Waals surface area contributed by atoms with Crippen LogP contribution in [-0.2, 0) is 7.05 Å². The van der Waals surface area contributed by atoms with E-state index in [9.17, 15) is 4.79 Å². The van der Waals surface area contributed by atoms with E-state index >= 15 is 0 Å². The third-order valence-corrected chi connectivity index (χ3v) is 5.00. The van der Waals surface area contributed by atoms with Gasteiger partial charge < -0.3 is 9.88 Å². The predicted octanol–water partition coefficient (Wildman–Crippen LogP) is 3.35. The van der Waals surface area contributed by atoms with Gasteiger partial charge >= 0.3 is 0 Å². The second-order valence-electron chi connectivity index (χ2n) is 6.02. The largest absolute Gasteiger partial charge is 0.353 e. The first-order chi connectivity index (χ1) is 11.1. The third-order valence-electron chi connectivity index (χ3n) is 4.47. The Morgan fingerprint density at radius 1 is 1.22 bits per heavy atom. The molecule has 0 bridgehead atoms. The molecule has 4 nitrogen and oxygen atoms in total. The summed E-state index contributed by atoms with van der Waals surface area (Å²) in [6.45, 7) is 2.83. The molecule has 0 radical (unpaired) electrons. The first-order valence-electron chi connectivity index (χ1n) is 8.04. The monoisotopic (exact) mass is 375 g/mol. The molecule has 3 rings (SSSR count). The van der Waals surface area contributed by atoms with Crippen molar-refractivity contribution in [1.82, 2.24) is 14.8 Å². The molecule has 1 aliphatic heterocycles. The summed E-state index contributed by atoms with van der Waals surface area (Å²) in [7, 11) is 2.06. The van der Waals surface area contributed by atoms with Gasteiger partial charge in [0.15, 0.2) is 0 Å². The van der Waals surface area contributed by atoms with Crippen LogP contribution in [0.15, 0.2) is 47.1 Å². The Morgan fingerprint density at radius 3 is 2.52 bits per heavy atom. The Bertz CT molecular complexity index is 659. The topological polar surface area (TPSA) is 37.3 Å². The van der Waals surface area contributed by atoms with Crippen molar-refractivity contribution in [2.45, 2.75) is 18.9 Å². The lowest BCUT2D eigenvalue weighted by Gasteiger charge is -2.28. The van der Waals surface area contributed by atoms with Crippen LogP contribution in [0.4, 0.5) is 0 Å². The van der Waals surface area contributed by atoms with Gasteiger partial charge in [-0.05, 0) is 62.3 Å². The van der Waals surface area contributed by atoms with Gasteiger partial charge in [0.1, 0.15) is 0 Å². The quantitative estimate of drug-likeness (QED) is 0.869. The molecular weight excluding hydrogens is 354 g/mol. The number of halogens is 1. The van der Waals surface area contributed by atoms with Crippen LogP contribution in [0.3, 0.4) is 0 Å². The highest BCUT2D eigenvalue weighted by molar-refractivity contribution is 9.10. The molecule has 23 heavy (non-hydrogen) atoms. The van der Waals surface area contributed by atoms with Crippen molar-refractivity contribution < 1.29 is 4.79 Å². The Kier molecular flexibility index (Phi) is 5.18. The molecule has 1 aromatic carbocycles. The molecule has 0 spiro atoms. The van der Waals surface area contributed by atoms with Gasteiger partial charge in [-0.25, -0.2) is 0 Å². The zero-order chi connectivity index (χ0) is 16.2. The highest BCUT2D eigenvalue weighted by atomic mass is 79.9. The van der Waals surface area contributed by atoms with E-state index in [1.165, 1.54) is 18.5 Å². The Labute approximate surface area is 145 Å². The van der Waals surface area contributed by atoms with Gasteiger partial charge in [0.25, 0.3) is 5.91 Å². The molecular formula is C18H22BrN3O. The molecule has 2 aromatic rings. The van der Waals surface area contributed by atoms with Crippen LogP contribution in [0.5, 0.6) is 0 Å². The summed E-state index contributed by atoms with van der Waals surface area (Å²) in [5, 5.41) is 3.10. The zero-order valence-electron chi connectivity index (χ0n) is 13.3. The summed E-state index contributed by atoms with van der Waals surface area (Å²) in [4.78, 5) is 14.8. The molecule has 1 fully saturated rings. The van der Waals surface area contributed by atoms with Gasteiger partial charge in [0, 0.05) is 35.5 Å². The number of hydrogen-bond donors (Lipinski definition) is 1. The smallest absolute Gasteiger partial charge is 0.251 e. The van der Waals surface area contributed by atoms with Gasteiger partial charge in [-0.3, -0.25) is 9.69 Å². The van der Waals surface area contributed by atoms with Crippen molar-refractivity contribution in [2.24, 2.45) is 7.05 Å². The molecule has 1 aromatic heterocycles. The van der Waals surface area contributed by atoms with Crippen LogP contribution in [0, 0.1) is 0 Å². The molecule has 1 amide bonds. The number of likely N-dealkylation sites (tertiary alicyclic amines) is 1. The summed E-state index contributed by atoms with van der Waals surface area (Å²) in [5.74, 6) is -0.0177. The maximum Gasteiger partial charge on any atom is 0.251 e. The molecule has 0 aliphatic carbocycles. The molecule has 1 atom stereocenters. The Morgan fingerprint density at radius 2 is 1.91 bits per heavy atom. The summed E-state index contributed by atoms with van der Waals surface area (Å²) < 4.78 is 3.13. The molecule has 122 valence electrons. The van der Waals surface area contributed by atoms with Crippen molar-refractivity contribution in [3.63, 3.8) is 0 Å². The van der Waals surface area contributed by atoms with Crippen molar-refractivity contribution in [2.75, 3.05) is 19.6 Å². The lowest BCUT2D eigenvalue weighted by Crippen LogP contribution is -2.37. The van der Waals surface area contributed by atoms with E-state index in [0.717, 1.165) is 17.6 Å². The van der Waals surface area contributed by atoms with E-state index in [-0.39, 0.29) is 11.9 Å². The number of carbonyl (C=O) groups is 1. The first-order valence-corrected chi connectivity index (χ1v) is 8.83. The van der Waals surface area contributed by atoms with Crippen molar-refractivity contribution in [3.05, 3.63) is 58.3 Å². The number of aryl methyl sites for hydroxylation is 1. The van der Waals surface area contributed by atoms with Crippen LogP contribution >= 0.6 is 15.9 Å². The maximum absolute atomic E-state index is 12.4. The van der Waals surface area contributed by atoms with Gasteiger partial charge in [-0.2, -0.15) is 0 Å². The number of nitrogens with one attached hydrogen (secondary N) is 1. The van der Waals surface area contributed by atoms with Crippen LogP contribution in [0.1, 0.15) is 34.9 Å². The lowest BCUT2D eigenvalue weighted by atomic mass is 10.1. The first kappa shape index (κ1) is 16.3. The van der Waals surface area contributed by atoms with E-state index in [4.69, 9.17) is 0 Å². The van der Waals surface area contributed by atoms with Crippen LogP contribution in [-0.4, -0.2) is 35.0 Å². The van der Waals surface area contributed by atoms with E-state index in [0.29, 0.717) is 12.1 Å². The van der Waals surface area contributed by atoms with Gasteiger partial charge in [-0.15, -0.1) is 0 Å². The Hall–Kier alpha value is -1.59. The molecule has 5 heteroatoms. The average Bonchev–Trinajstić information content (AvgIpc) is 3.21. The van der Waals surface area contributed by atoms with E-state index in [1.807, 2.05) is 24.3 Å². The van der Waals surface area contributed by atoms with Gasteiger partial charge in [0.05, 0.1) is 6.04 Å². The minimum Gasteiger partial charge on any atom is -0.353 e. The number of benzene rings is 1. The number of aromatic nitrogens is 1. The minimum atomic E-state index is -0.0177. The summed E-state index contributed by atoms with van der Waals surface area (Å²) >= 11 is 3.39. The van der Waals surface area contributed by atoms with Crippen LogP contribution < -0.4 is 5.32 Å². The molecule has 1 saturated heterocycles. The highest BCUT2D eigenvalue weighted by Gasteiger charge is 2.25. The molecule has 2 heterocycles. The number of nitrogens with zero attached hydrogens (tertiary/aromatic N) is 2. The van der Waals surface area contributed by atoms with Gasteiger partial charge in [-0.1, -0.05) is 15.9 Å².